The van der Waals surface area contributed by atoms with Crippen LogP contribution in [-0.2, 0) is 6.42 Å². The summed E-state index contributed by atoms with van der Waals surface area (Å²) in [5.41, 5.74) is 3.47. The smallest absolute Gasteiger partial charge is 0.0443 e. The van der Waals surface area contributed by atoms with Gasteiger partial charge in [0, 0.05) is 27.4 Å². The summed E-state index contributed by atoms with van der Waals surface area (Å²) in [4.78, 5) is 4.18. The molecule has 0 radical (unpaired) electrons. The Kier molecular flexibility index (Phi) is 5.38. The lowest BCUT2D eigenvalue weighted by Crippen LogP contribution is -2.63. The van der Waals surface area contributed by atoms with Gasteiger partial charge < -0.3 is 0 Å². The van der Waals surface area contributed by atoms with Gasteiger partial charge in [-0.25, -0.2) is 0 Å². The van der Waals surface area contributed by atoms with Crippen molar-refractivity contribution in [3.8, 4) is 0 Å². The number of hydrogen-bond acceptors (Lipinski definition) is 4. The minimum atomic E-state index is 0.276. The maximum absolute atomic E-state index is 6.02. The number of piperidine rings is 1. The Labute approximate surface area is 140 Å². The van der Waals surface area contributed by atoms with Crippen LogP contribution in [-0.4, -0.2) is 29.6 Å². The minimum Gasteiger partial charge on any atom is -0.296 e. The molecule has 118 valence electrons. The zero-order valence-corrected chi connectivity index (χ0v) is 15.0. The molecule has 21 heavy (non-hydrogen) atoms. The molecule has 3 N–H and O–H groups in total. The zero-order valence-electron chi connectivity index (χ0n) is 12.6. The second kappa shape index (κ2) is 7.09. The summed E-state index contributed by atoms with van der Waals surface area (Å²) in [5, 5.41) is 2.16. The number of nitrogens with one attached hydrogen (secondary N) is 1. The number of thiophene rings is 1. The van der Waals surface area contributed by atoms with Crippen LogP contribution in [0.3, 0.4) is 0 Å². The predicted molar refractivity (Wildman–Crippen MR) is 93.5 cm³/mol. The molecule has 1 saturated carbocycles. The Morgan fingerprint density at radius 3 is 2.52 bits per heavy atom. The number of nitrogens with two attached hydrogens (primary N) is 1. The van der Waals surface area contributed by atoms with Crippen LogP contribution in [0.1, 0.15) is 49.8 Å². The monoisotopic (exact) mass is 371 g/mol. The third-order valence-electron chi connectivity index (χ3n) is 5.39. The van der Waals surface area contributed by atoms with Crippen LogP contribution in [0.4, 0.5) is 0 Å². The van der Waals surface area contributed by atoms with E-state index in [1.807, 2.05) is 11.3 Å². The number of halogens is 1. The fourth-order valence-corrected chi connectivity index (χ4v) is 5.83. The van der Waals surface area contributed by atoms with Crippen molar-refractivity contribution in [3.05, 3.63) is 20.8 Å². The Balaban J connectivity index is 1.81. The molecular formula is C16H26BrN3S. The first-order valence-electron chi connectivity index (χ1n) is 8.19. The fourth-order valence-electron chi connectivity index (χ4n) is 4.27. The van der Waals surface area contributed by atoms with E-state index in [1.54, 1.807) is 0 Å². The molecule has 1 saturated heterocycles. The number of hydrogen-bond donors (Lipinski definition) is 2. The maximum Gasteiger partial charge on any atom is 0.0443 e. The molecular weight excluding hydrogens is 346 g/mol. The Morgan fingerprint density at radius 2 is 1.95 bits per heavy atom. The van der Waals surface area contributed by atoms with Crippen molar-refractivity contribution < 1.29 is 0 Å². The average molecular weight is 372 g/mol. The molecule has 2 fully saturated rings. The highest BCUT2D eigenvalue weighted by Crippen LogP contribution is 2.41. The highest BCUT2D eigenvalue weighted by Gasteiger charge is 2.45. The molecule has 2 heterocycles. The molecule has 3 rings (SSSR count). The molecule has 3 nitrogen and oxygen atoms in total. The second-order valence-corrected chi connectivity index (χ2v) is 8.33. The van der Waals surface area contributed by atoms with Crippen molar-refractivity contribution in [3.63, 3.8) is 0 Å². The first kappa shape index (κ1) is 15.9. The van der Waals surface area contributed by atoms with Gasteiger partial charge in [0.05, 0.1) is 0 Å². The van der Waals surface area contributed by atoms with Crippen molar-refractivity contribution >= 4 is 27.3 Å². The van der Waals surface area contributed by atoms with Crippen molar-refractivity contribution in [1.82, 2.24) is 10.3 Å². The topological polar surface area (TPSA) is 41.3 Å². The third kappa shape index (κ3) is 3.22. The van der Waals surface area contributed by atoms with Gasteiger partial charge in [-0.15, -0.1) is 11.3 Å². The van der Waals surface area contributed by atoms with Gasteiger partial charge in [-0.2, -0.15) is 0 Å². The van der Waals surface area contributed by atoms with Crippen molar-refractivity contribution in [2.75, 3.05) is 13.1 Å². The molecule has 0 bridgehead atoms. The van der Waals surface area contributed by atoms with Crippen LogP contribution in [0.5, 0.6) is 0 Å². The molecule has 1 aliphatic carbocycles. The van der Waals surface area contributed by atoms with E-state index in [2.05, 4.69) is 37.7 Å². The van der Waals surface area contributed by atoms with Crippen LogP contribution < -0.4 is 11.3 Å². The highest BCUT2D eigenvalue weighted by atomic mass is 79.9. The molecule has 0 amide bonds. The van der Waals surface area contributed by atoms with Gasteiger partial charge in [-0.3, -0.25) is 16.2 Å². The lowest BCUT2D eigenvalue weighted by atomic mass is 9.82. The van der Waals surface area contributed by atoms with Gasteiger partial charge in [0.25, 0.3) is 0 Å². The van der Waals surface area contributed by atoms with Crippen molar-refractivity contribution in [2.24, 2.45) is 5.84 Å². The minimum absolute atomic E-state index is 0.276. The van der Waals surface area contributed by atoms with E-state index in [0.29, 0.717) is 6.04 Å². The first-order valence-corrected chi connectivity index (χ1v) is 9.86. The quantitative estimate of drug-likeness (QED) is 0.612. The summed E-state index contributed by atoms with van der Waals surface area (Å²) in [6.45, 7) is 2.51. The second-order valence-electron chi connectivity index (χ2n) is 6.47. The largest absolute Gasteiger partial charge is 0.296 e. The molecule has 1 aliphatic heterocycles. The normalized spacial score (nSPS) is 24.3. The maximum atomic E-state index is 6.02. The number of likely N-dealkylation sites (tertiary alicyclic amines) is 1. The van der Waals surface area contributed by atoms with E-state index in [9.17, 15) is 0 Å². The van der Waals surface area contributed by atoms with E-state index in [0.717, 1.165) is 6.42 Å². The van der Waals surface area contributed by atoms with E-state index in [1.165, 1.54) is 67.4 Å². The average Bonchev–Trinajstić information content (AvgIpc) is 3.16. The molecule has 5 heteroatoms. The van der Waals surface area contributed by atoms with Crippen LogP contribution in [0.25, 0.3) is 0 Å². The van der Waals surface area contributed by atoms with Gasteiger partial charge in [0.2, 0.25) is 0 Å². The van der Waals surface area contributed by atoms with E-state index in [-0.39, 0.29) is 5.54 Å². The summed E-state index contributed by atoms with van der Waals surface area (Å²) < 4.78 is 1.24. The molecule has 0 spiro atoms. The molecule has 1 aromatic heterocycles. The van der Waals surface area contributed by atoms with Gasteiger partial charge >= 0.3 is 0 Å². The van der Waals surface area contributed by atoms with Crippen LogP contribution in [0, 0.1) is 0 Å². The predicted octanol–water partition coefficient (Wildman–Crippen LogP) is 3.68. The summed E-state index contributed by atoms with van der Waals surface area (Å²) in [7, 11) is 0. The van der Waals surface area contributed by atoms with Crippen molar-refractivity contribution in [2.45, 2.75) is 62.9 Å². The summed E-state index contributed by atoms with van der Waals surface area (Å²) >= 11 is 5.51. The highest BCUT2D eigenvalue weighted by molar-refractivity contribution is 9.10. The van der Waals surface area contributed by atoms with Gasteiger partial charge in [0.1, 0.15) is 0 Å². The Hall–Kier alpha value is 0.0600. The van der Waals surface area contributed by atoms with Gasteiger partial charge in [0.15, 0.2) is 0 Å². The van der Waals surface area contributed by atoms with Gasteiger partial charge in [-0.1, -0.05) is 19.3 Å². The van der Waals surface area contributed by atoms with Gasteiger partial charge in [-0.05, 0) is 66.1 Å². The number of hydrazine groups is 1. The Bertz CT molecular complexity index is 450. The van der Waals surface area contributed by atoms with Crippen LogP contribution >= 0.6 is 27.3 Å². The summed E-state index contributed by atoms with van der Waals surface area (Å²) in [6, 6.07) is 2.50. The Morgan fingerprint density at radius 1 is 1.24 bits per heavy atom. The van der Waals surface area contributed by atoms with Crippen molar-refractivity contribution in [1.29, 1.82) is 0 Å². The molecule has 1 unspecified atom stereocenters. The lowest BCUT2D eigenvalue weighted by molar-refractivity contribution is 0.0368. The number of nitrogens with zero attached hydrogens (tertiary/aromatic N) is 1. The number of rotatable bonds is 5. The van der Waals surface area contributed by atoms with Crippen LogP contribution in [0.2, 0.25) is 0 Å². The molecule has 2 aliphatic rings. The fraction of sp³-hybridized carbons (Fsp3) is 0.750. The molecule has 0 aromatic carbocycles. The van der Waals surface area contributed by atoms with E-state index < -0.39 is 0 Å². The third-order valence-corrected chi connectivity index (χ3v) is 7.33. The summed E-state index contributed by atoms with van der Waals surface area (Å²) in [5.74, 6) is 6.02. The zero-order chi connectivity index (χ0) is 14.7. The molecule has 1 atom stereocenters. The summed E-state index contributed by atoms with van der Waals surface area (Å²) in [6.07, 6.45) is 10.4. The SMILES string of the molecule is NNC(Cc1sccc1Br)C1(N2CCCCC2)CCCC1. The van der Waals surface area contributed by atoms with E-state index >= 15 is 0 Å². The van der Waals surface area contributed by atoms with Crippen LogP contribution in [0.15, 0.2) is 15.9 Å². The standard InChI is InChI=1S/C16H26BrN3S/c17-13-6-11-21-14(13)12-15(19-18)16(7-2-3-8-16)20-9-4-1-5-10-20/h6,11,15,19H,1-5,7-10,12,18H2. The molecule has 1 aromatic rings. The lowest BCUT2D eigenvalue weighted by Gasteiger charge is -2.48. The van der Waals surface area contributed by atoms with E-state index in [4.69, 9.17) is 5.84 Å². The first-order chi connectivity index (χ1) is 10.3.